The molecule has 0 fully saturated rings. The zero-order valence-electron chi connectivity index (χ0n) is 26.6. The van der Waals surface area contributed by atoms with Crippen LogP contribution in [0.2, 0.25) is 5.02 Å². The number of benzene rings is 8. The lowest BCUT2D eigenvalue weighted by Crippen LogP contribution is -2.28. The molecule has 8 aromatic rings. The molecule has 8 aromatic carbocycles. The average molecular weight is 644 g/mol. The van der Waals surface area contributed by atoms with Crippen molar-refractivity contribution in [1.82, 2.24) is 0 Å². The number of halogens is 1. The van der Waals surface area contributed by atoms with Crippen LogP contribution in [0.4, 0.5) is 17.1 Å². The molecular formula is C47H30ClN. The highest BCUT2D eigenvalue weighted by Crippen LogP contribution is 2.66. The molecule has 2 aliphatic carbocycles. The first-order valence-electron chi connectivity index (χ1n) is 16.8. The maximum Gasteiger partial charge on any atom is 0.0746 e. The van der Waals surface area contributed by atoms with Crippen molar-refractivity contribution in [2.24, 2.45) is 0 Å². The van der Waals surface area contributed by atoms with Gasteiger partial charge in [-0.3, -0.25) is 0 Å². The van der Waals surface area contributed by atoms with Gasteiger partial charge in [-0.25, -0.2) is 0 Å². The molecule has 0 N–H and O–H groups in total. The summed E-state index contributed by atoms with van der Waals surface area (Å²) >= 11 is 6.43. The number of hydrogen-bond acceptors (Lipinski definition) is 1. The molecule has 0 unspecified atom stereocenters. The Kier molecular flexibility index (Phi) is 6.22. The normalized spacial score (nSPS) is 13.2. The molecule has 230 valence electrons. The number of anilines is 3. The minimum absolute atomic E-state index is 0.509. The third-order valence-electron chi connectivity index (χ3n) is 10.5. The third kappa shape index (κ3) is 4.00. The fourth-order valence-corrected chi connectivity index (χ4v) is 8.71. The minimum Gasteiger partial charge on any atom is -0.309 e. The molecule has 0 aromatic heterocycles. The molecule has 0 amide bonds. The van der Waals surface area contributed by atoms with Gasteiger partial charge < -0.3 is 4.90 Å². The van der Waals surface area contributed by atoms with E-state index < -0.39 is 5.41 Å². The summed E-state index contributed by atoms with van der Waals surface area (Å²) in [5, 5.41) is 3.15. The molecule has 0 bridgehead atoms. The van der Waals surface area contributed by atoms with Gasteiger partial charge in [-0.15, -0.1) is 0 Å². The van der Waals surface area contributed by atoms with Crippen LogP contribution in [0.25, 0.3) is 44.2 Å². The van der Waals surface area contributed by atoms with Crippen molar-refractivity contribution in [3.8, 4) is 33.4 Å². The molecule has 0 atom stereocenters. The van der Waals surface area contributed by atoms with E-state index in [0.717, 1.165) is 33.2 Å². The molecule has 0 saturated carbocycles. The zero-order valence-corrected chi connectivity index (χ0v) is 27.4. The first-order chi connectivity index (χ1) is 24.2. The Morgan fingerprint density at radius 2 is 0.959 bits per heavy atom. The summed E-state index contributed by atoms with van der Waals surface area (Å²) in [6, 6.07) is 66.4. The number of hydrogen-bond donors (Lipinski definition) is 0. The first kappa shape index (κ1) is 28.2. The van der Waals surface area contributed by atoms with Crippen LogP contribution in [0.1, 0.15) is 22.3 Å². The Hall–Kier alpha value is -5.89. The van der Waals surface area contributed by atoms with Crippen molar-refractivity contribution in [2.45, 2.75) is 5.41 Å². The quantitative estimate of drug-likeness (QED) is 0.184. The van der Waals surface area contributed by atoms with E-state index in [-0.39, 0.29) is 0 Å². The average Bonchev–Trinajstić information content (AvgIpc) is 3.63. The van der Waals surface area contributed by atoms with Crippen molar-refractivity contribution in [3.63, 3.8) is 0 Å². The van der Waals surface area contributed by atoms with Gasteiger partial charge in [-0.1, -0.05) is 151 Å². The Morgan fingerprint density at radius 3 is 1.63 bits per heavy atom. The maximum atomic E-state index is 6.43. The van der Waals surface area contributed by atoms with E-state index in [1.54, 1.807) is 0 Å². The van der Waals surface area contributed by atoms with Crippen LogP contribution in [0, 0.1) is 0 Å². The lowest BCUT2D eigenvalue weighted by molar-refractivity contribution is 0.793. The molecule has 1 spiro atoms. The van der Waals surface area contributed by atoms with Crippen LogP contribution < -0.4 is 4.90 Å². The van der Waals surface area contributed by atoms with E-state index >= 15 is 0 Å². The number of nitrogens with zero attached hydrogens (tertiary/aromatic N) is 1. The van der Waals surface area contributed by atoms with Gasteiger partial charge in [0, 0.05) is 21.7 Å². The zero-order chi connectivity index (χ0) is 32.5. The van der Waals surface area contributed by atoms with Crippen molar-refractivity contribution in [1.29, 1.82) is 0 Å². The van der Waals surface area contributed by atoms with E-state index in [4.69, 9.17) is 11.6 Å². The fraction of sp³-hybridized carbons (Fsp3) is 0.0213. The summed E-state index contributed by atoms with van der Waals surface area (Å²) in [6.45, 7) is 0. The number of fused-ring (bicyclic) bond motifs is 11. The molecule has 1 nitrogen and oxygen atoms in total. The predicted molar refractivity (Wildman–Crippen MR) is 205 cm³/mol. The molecule has 2 heteroatoms. The lowest BCUT2D eigenvalue weighted by Gasteiger charge is -2.36. The van der Waals surface area contributed by atoms with E-state index in [1.807, 2.05) is 12.1 Å². The molecule has 0 radical (unpaired) electrons. The summed E-state index contributed by atoms with van der Waals surface area (Å²) in [6.07, 6.45) is 0. The third-order valence-corrected chi connectivity index (χ3v) is 10.8. The van der Waals surface area contributed by atoms with E-state index in [2.05, 4.69) is 175 Å². The van der Waals surface area contributed by atoms with Crippen molar-refractivity contribution in [3.05, 3.63) is 209 Å². The summed E-state index contributed by atoms with van der Waals surface area (Å²) in [7, 11) is 0. The van der Waals surface area contributed by atoms with Gasteiger partial charge in [-0.05, 0) is 97.9 Å². The van der Waals surface area contributed by atoms with E-state index in [9.17, 15) is 0 Å². The van der Waals surface area contributed by atoms with Crippen LogP contribution in [0.3, 0.4) is 0 Å². The molecule has 10 rings (SSSR count). The largest absolute Gasteiger partial charge is 0.309 e. The minimum atomic E-state index is -0.509. The summed E-state index contributed by atoms with van der Waals surface area (Å²) < 4.78 is 0. The van der Waals surface area contributed by atoms with Crippen molar-refractivity contribution in [2.75, 3.05) is 4.90 Å². The Balaban J connectivity index is 1.41. The fourth-order valence-electron chi connectivity index (χ4n) is 8.58. The van der Waals surface area contributed by atoms with Crippen LogP contribution in [0.15, 0.2) is 182 Å². The molecule has 0 aliphatic heterocycles. The molecule has 49 heavy (non-hydrogen) atoms. The van der Waals surface area contributed by atoms with Crippen molar-refractivity contribution < 1.29 is 0 Å². The predicted octanol–water partition coefficient (Wildman–Crippen LogP) is 13.0. The summed E-state index contributed by atoms with van der Waals surface area (Å²) in [5.74, 6) is 0. The second kappa shape index (κ2) is 10.8. The van der Waals surface area contributed by atoms with E-state index in [1.165, 1.54) is 55.3 Å². The van der Waals surface area contributed by atoms with Gasteiger partial charge in [0.25, 0.3) is 0 Å². The van der Waals surface area contributed by atoms with Crippen molar-refractivity contribution >= 4 is 39.4 Å². The second-order valence-electron chi connectivity index (χ2n) is 13.0. The lowest BCUT2D eigenvalue weighted by atomic mass is 9.69. The van der Waals surface area contributed by atoms with Crippen LogP contribution in [0.5, 0.6) is 0 Å². The van der Waals surface area contributed by atoms with Crippen LogP contribution in [-0.2, 0) is 5.41 Å². The maximum absolute atomic E-state index is 6.43. The smallest absolute Gasteiger partial charge is 0.0746 e. The van der Waals surface area contributed by atoms with Crippen LogP contribution in [-0.4, -0.2) is 0 Å². The summed E-state index contributed by atoms with van der Waals surface area (Å²) in [5.41, 5.74) is 15.6. The molecule has 2 aliphatic rings. The number of para-hydroxylation sites is 1. The van der Waals surface area contributed by atoms with Gasteiger partial charge in [-0.2, -0.15) is 0 Å². The standard InChI is InChI=1S/C47H30ClN/c48-34-27-25-31(26-28-34)33-29-40-39-20-8-11-23-43(39)47(41-21-9-6-18-37(41)38-19-7-10-22-42(38)47)46(40)45(30-33)49(35-15-2-1-3-16-35)44-24-12-14-32-13-4-5-17-36(32)44/h1-30H. The van der Waals surface area contributed by atoms with Gasteiger partial charge >= 0.3 is 0 Å². The topological polar surface area (TPSA) is 3.24 Å². The van der Waals surface area contributed by atoms with Gasteiger partial charge in [0.05, 0.1) is 16.8 Å². The number of rotatable bonds is 4. The van der Waals surface area contributed by atoms with Crippen LogP contribution >= 0.6 is 11.6 Å². The molecular weight excluding hydrogens is 614 g/mol. The Labute approximate surface area is 291 Å². The monoisotopic (exact) mass is 643 g/mol. The Morgan fingerprint density at radius 1 is 0.408 bits per heavy atom. The van der Waals surface area contributed by atoms with Gasteiger partial charge in [0.1, 0.15) is 0 Å². The SMILES string of the molecule is Clc1ccc(-c2cc3c(c(N(c4ccccc4)c4cccc5ccccc45)c2)C2(c4ccccc4-c4ccccc42)c2ccccc2-3)cc1. The van der Waals surface area contributed by atoms with Gasteiger partial charge in [0.2, 0.25) is 0 Å². The molecule has 0 heterocycles. The van der Waals surface area contributed by atoms with E-state index in [0.29, 0.717) is 0 Å². The first-order valence-corrected chi connectivity index (χ1v) is 17.2. The summed E-state index contributed by atoms with van der Waals surface area (Å²) in [4.78, 5) is 2.50. The Bertz CT molecular complexity index is 2520. The highest BCUT2D eigenvalue weighted by Gasteiger charge is 2.53. The second-order valence-corrected chi connectivity index (χ2v) is 13.4. The highest BCUT2D eigenvalue weighted by atomic mass is 35.5. The highest BCUT2D eigenvalue weighted by molar-refractivity contribution is 6.30. The molecule has 0 saturated heterocycles. The van der Waals surface area contributed by atoms with Gasteiger partial charge in [0.15, 0.2) is 0 Å².